The van der Waals surface area contributed by atoms with Crippen LogP contribution in [0.4, 0.5) is 0 Å². The number of rotatable bonds is 4. The van der Waals surface area contributed by atoms with Crippen molar-refractivity contribution in [2.45, 2.75) is 25.2 Å². The average molecular weight is 292 g/mol. The molecule has 112 valence electrons. The number of hydrogen-bond donors (Lipinski definition) is 3. The van der Waals surface area contributed by atoms with E-state index < -0.39 is 29.7 Å². The van der Waals surface area contributed by atoms with Gasteiger partial charge in [0.25, 0.3) is 0 Å². The van der Waals surface area contributed by atoms with Crippen molar-refractivity contribution in [3.63, 3.8) is 0 Å². The Morgan fingerprint density at radius 3 is 1.90 bits per heavy atom. The number of carboxylic acids is 3. The number of benzene rings is 1. The molecule has 1 saturated carbocycles. The van der Waals surface area contributed by atoms with E-state index in [0.29, 0.717) is 12.8 Å². The number of carbonyl (C=O) groups is 3. The van der Waals surface area contributed by atoms with E-state index in [4.69, 9.17) is 10.2 Å². The molecule has 0 bridgehead atoms. The Labute approximate surface area is 121 Å². The lowest BCUT2D eigenvalue weighted by Gasteiger charge is -2.31. The molecule has 3 atom stereocenters. The standard InChI is InChI=1S/C15H16O6/c16-13(17)9-3-1-8(2-4-9)10-5-6-11(14(18)19)12(7-10)15(20)21/h1-4,10-12H,5-7H2,(H,16,17)(H,18,19)(H,20,21). The zero-order valence-electron chi connectivity index (χ0n) is 11.2. The van der Waals surface area contributed by atoms with Gasteiger partial charge in [-0.3, -0.25) is 9.59 Å². The first kappa shape index (κ1) is 15.0. The molecule has 1 aromatic rings. The summed E-state index contributed by atoms with van der Waals surface area (Å²) in [7, 11) is 0. The molecule has 0 radical (unpaired) electrons. The largest absolute Gasteiger partial charge is 0.481 e. The van der Waals surface area contributed by atoms with Crippen molar-refractivity contribution >= 4 is 17.9 Å². The molecule has 1 fully saturated rings. The van der Waals surface area contributed by atoms with Crippen LogP contribution in [0.25, 0.3) is 0 Å². The molecule has 3 N–H and O–H groups in total. The zero-order chi connectivity index (χ0) is 15.6. The van der Waals surface area contributed by atoms with E-state index in [9.17, 15) is 19.5 Å². The average Bonchev–Trinajstić information content (AvgIpc) is 2.46. The zero-order valence-corrected chi connectivity index (χ0v) is 11.2. The van der Waals surface area contributed by atoms with Crippen LogP contribution in [-0.2, 0) is 9.59 Å². The predicted molar refractivity (Wildman–Crippen MR) is 72.2 cm³/mol. The molecule has 0 spiro atoms. The highest BCUT2D eigenvalue weighted by Crippen LogP contribution is 2.40. The molecular formula is C15H16O6. The van der Waals surface area contributed by atoms with Gasteiger partial charge in [0.1, 0.15) is 0 Å². The Bertz CT molecular complexity index is 562. The van der Waals surface area contributed by atoms with Gasteiger partial charge in [-0.2, -0.15) is 0 Å². The number of carboxylic acid groups (broad SMARTS) is 3. The van der Waals surface area contributed by atoms with Crippen LogP contribution in [0.3, 0.4) is 0 Å². The van der Waals surface area contributed by atoms with Gasteiger partial charge in [-0.25, -0.2) is 4.79 Å². The topological polar surface area (TPSA) is 112 Å². The third-order valence-corrected chi connectivity index (χ3v) is 4.11. The van der Waals surface area contributed by atoms with Crippen LogP contribution in [0.1, 0.15) is 41.1 Å². The van der Waals surface area contributed by atoms with E-state index in [-0.39, 0.29) is 17.9 Å². The van der Waals surface area contributed by atoms with Gasteiger partial charge >= 0.3 is 17.9 Å². The highest BCUT2D eigenvalue weighted by atomic mass is 16.4. The Balaban J connectivity index is 2.17. The van der Waals surface area contributed by atoms with E-state index in [1.165, 1.54) is 12.1 Å². The lowest BCUT2D eigenvalue weighted by molar-refractivity contribution is -0.155. The van der Waals surface area contributed by atoms with Crippen molar-refractivity contribution in [3.8, 4) is 0 Å². The quantitative estimate of drug-likeness (QED) is 0.783. The summed E-state index contributed by atoms with van der Waals surface area (Å²) in [6, 6.07) is 6.32. The van der Waals surface area contributed by atoms with Gasteiger partial charge in [0.2, 0.25) is 0 Å². The van der Waals surface area contributed by atoms with E-state index >= 15 is 0 Å². The molecule has 1 aliphatic rings. The summed E-state index contributed by atoms with van der Waals surface area (Å²) >= 11 is 0. The van der Waals surface area contributed by atoms with Crippen LogP contribution >= 0.6 is 0 Å². The Morgan fingerprint density at radius 1 is 0.857 bits per heavy atom. The van der Waals surface area contributed by atoms with Crippen molar-refractivity contribution in [2.75, 3.05) is 0 Å². The maximum absolute atomic E-state index is 11.2. The van der Waals surface area contributed by atoms with Gasteiger partial charge in [-0.1, -0.05) is 12.1 Å². The summed E-state index contributed by atoms with van der Waals surface area (Å²) in [6.07, 6.45) is 1.17. The lowest BCUT2D eigenvalue weighted by atomic mass is 9.72. The summed E-state index contributed by atoms with van der Waals surface area (Å²) in [5, 5.41) is 27.1. The minimum Gasteiger partial charge on any atom is -0.481 e. The summed E-state index contributed by atoms with van der Waals surface area (Å²) < 4.78 is 0. The number of hydrogen-bond acceptors (Lipinski definition) is 3. The maximum Gasteiger partial charge on any atom is 0.335 e. The third-order valence-electron chi connectivity index (χ3n) is 4.11. The van der Waals surface area contributed by atoms with Crippen LogP contribution in [0, 0.1) is 11.8 Å². The molecule has 0 saturated heterocycles. The minimum atomic E-state index is -1.09. The monoisotopic (exact) mass is 292 g/mol. The van der Waals surface area contributed by atoms with Gasteiger partial charge < -0.3 is 15.3 Å². The molecule has 6 heteroatoms. The molecule has 3 unspecified atom stereocenters. The lowest BCUT2D eigenvalue weighted by Crippen LogP contribution is -2.35. The van der Waals surface area contributed by atoms with Crippen molar-refractivity contribution < 1.29 is 29.7 Å². The normalized spacial score (nSPS) is 25.2. The Kier molecular flexibility index (Phi) is 4.26. The van der Waals surface area contributed by atoms with Crippen molar-refractivity contribution in [1.82, 2.24) is 0 Å². The number of aliphatic carboxylic acids is 2. The first-order valence-electron chi connectivity index (χ1n) is 6.69. The smallest absolute Gasteiger partial charge is 0.335 e. The molecule has 0 heterocycles. The highest BCUT2D eigenvalue weighted by molar-refractivity contribution is 5.87. The SMILES string of the molecule is O=C(O)c1ccc(C2CCC(C(=O)O)C(C(=O)O)C2)cc1. The first-order chi connectivity index (χ1) is 9.90. The van der Waals surface area contributed by atoms with Crippen molar-refractivity contribution in [1.29, 1.82) is 0 Å². The summed E-state index contributed by atoms with van der Waals surface area (Å²) in [5.41, 5.74) is 1.03. The summed E-state index contributed by atoms with van der Waals surface area (Å²) in [4.78, 5) is 33.2. The fourth-order valence-electron chi connectivity index (χ4n) is 2.94. The molecule has 1 aromatic carbocycles. The first-order valence-corrected chi connectivity index (χ1v) is 6.69. The van der Waals surface area contributed by atoms with Crippen molar-refractivity contribution in [2.24, 2.45) is 11.8 Å². The third kappa shape index (κ3) is 3.21. The van der Waals surface area contributed by atoms with E-state index in [1.54, 1.807) is 12.1 Å². The Hall–Kier alpha value is -2.37. The molecule has 0 amide bonds. The van der Waals surface area contributed by atoms with Crippen LogP contribution in [0.2, 0.25) is 0 Å². The van der Waals surface area contributed by atoms with Crippen LogP contribution in [0.15, 0.2) is 24.3 Å². The summed E-state index contributed by atoms with van der Waals surface area (Å²) in [5.74, 6) is -4.97. The number of aromatic carboxylic acids is 1. The molecule has 0 aliphatic heterocycles. The minimum absolute atomic E-state index is 0.0513. The van der Waals surface area contributed by atoms with Crippen LogP contribution in [-0.4, -0.2) is 33.2 Å². The van der Waals surface area contributed by atoms with Crippen LogP contribution < -0.4 is 0 Å². The molecular weight excluding hydrogens is 276 g/mol. The molecule has 1 aliphatic carbocycles. The van der Waals surface area contributed by atoms with Crippen molar-refractivity contribution in [3.05, 3.63) is 35.4 Å². The fraction of sp³-hybridized carbons (Fsp3) is 0.400. The van der Waals surface area contributed by atoms with Crippen LogP contribution in [0.5, 0.6) is 0 Å². The van der Waals surface area contributed by atoms with Gasteiger partial charge in [0.05, 0.1) is 17.4 Å². The Morgan fingerprint density at radius 2 is 1.43 bits per heavy atom. The second-order valence-electron chi connectivity index (χ2n) is 5.33. The fourth-order valence-corrected chi connectivity index (χ4v) is 2.94. The predicted octanol–water partition coefficient (Wildman–Crippen LogP) is 2.05. The van der Waals surface area contributed by atoms with E-state index in [1.807, 2.05) is 0 Å². The molecule has 6 nitrogen and oxygen atoms in total. The molecule has 21 heavy (non-hydrogen) atoms. The summed E-state index contributed by atoms with van der Waals surface area (Å²) in [6.45, 7) is 0. The van der Waals surface area contributed by atoms with Gasteiger partial charge in [0, 0.05) is 0 Å². The van der Waals surface area contributed by atoms with E-state index in [0.717, 1.165) is 5.56 Å². The van der Waals surface area contributed by atoms with Gasteiger partial charge in [0.15, 0.2) is 0 Å². The van der Waals surface area contributed by atoms with E-state index in [2.05, 4.69) is 0 Å². The molecule has 0 aromatic heterocycles. The molecule has 2 rings (SSSR count). The van der Waals surface area contributed by atoms with Gasteiger partial charge in [-0.15, -0.1) is 0 Å². The maximum atomic E-state index is 11.2. The second kappa shape index (κ2) is 5.95. The van der Waals surface area contributed by atoms with Gasteiger partial charge in [-0.05, 0) is 42.9 Å². The second-order valence-corrected chi connectivity index (χ2v) is 5.33. The highest BCUT2D eigenvalue weighted by Gasteiger charge is 2.39.